The fraction of sp³-hybridized carbons (Fsp3) is 0.632. The lowest BCUT2D eigenvalue weighted by molar-refractivity contribution is 0.176. The Morgan fingerprint density at radius 3 is 2.54 bits per heavy atom. The number of benzene rings is 1. The number of hydrogen-bond acceptors (Lipinski definition) is 2. The summed E-state index contributed by atoms with van der Waals surface area (Å²) in [6.45, 7) is 12.5. The van der Waals surface area contributed by atoms with Crippen LogP contribution in [0.1, 0.15) is 44.7 Å². The van der Waals surface area contributed by atoms with Crippen LogP contribution in [-0.4, -0.2) is 41.9 Å². The Hall–Kier alpha value is -0.820. The van der Waals surface area contributed by atoms with E-state index in [0.717, 1.165) is 25.6 Å². The summed E-state index contributed by atoms with van der Waals surface area (Å²) < 4.78 is 0. The van der Waals surface area contributed by atoms with Gasteiger partial charge in [-0.25, -0.2) is 4.99 Å². The average molecular weight is 444 g/mol. The van der Waals surface area contributed by atoms with Gasteiger partial charge in [-0.05, 0) is 50.3 Å². The molecule has 1 aliphatic rings. The van der Waals surface area contributed by atoms with Gasteiger partial charge in [0.2, 0.25) is 0 Å². The van der Waals surface area contributed by atoms with Crippen molar-refractivity contribution in [3.05, 3.63) is 35.4 Å². The molecule has 1 atom stereocenters. The maximum absolute atomic E-state index is 6.10. The molecule has 1 fully saturated rings. The van der Waals surface area contributed by atoms with Gasteiger partial charge in [-0.1, -0.05) is 31.2 Å². The highest BCUT2D eigenvalue weighted by Gasteiger charge is 2.17. The molecule has 0 saturated carbocycles. The van der Waals surface area contributed by atoms with Crippen molar-refractivity contribution < 1.29 is 0 Å². The van der Waals surface area contributed by atoms with Gasteiger partial charge >= 0.3 is 0 Å². The summed E-state index contributed by atoms with van der Waals surface area (Å²) >= 11 is 0. The Balaban J connectivity index is 0.00000288. The third-order valence-corrected chi connectivity index (χ3v) is 4.75. The van der Waals surface area contributed by atoms with Gasteiger partial charge < -0.3 is 10.6 Å². The van der Waals surface area contributed by atoms with Crippen LogP contribution in [-0.2, 0) is 13.1 Å². The highest BCUT2D eigenvalue weighted by atomic mass is 127. The molecule has 0 bridgehead atoms. The molecule has 1 heterocycles. The fourth-order valence-electron chi connectivity index (χ4n) is 3.35. The standard InChI is InChI=1S/C19H32N4.HI/c1-4-23(5-2)19(20)21-13-17-10-6-7-11-18(17)15-22-12-8-9-16(3)14-22;/h6-7,10-11,16H,4-5,8-9,12-15H2,1-3H3,(H2,20,21);1H. The van der Waals surface area contributed by atoms with E-state index >= 15 is 0 Å². The molecular formula is C19H33IN4. The summed E-state index contributed by atoms with van der Waals surface area (Å²) in [6, 6.07) is 8.64. The first-order chi connectivity index (χ1) is 11.1. The molecule has 0 spiro atoms. The van der Waals surface area contributed by atoms with Crippen LogP contribution in [0.25, 0.3) is 0 Å². The summed E-state index contributed by atoms with van der Waals surface area (Å²) in [6.07, 6.45) is 2.68. The largest absolute Gasteiger partial charge is 0.370 e. The lowest BCUT2D eigenvalue weighted by Gasteiger charge is -2.31. The number of guanidine groups is 1. The van der Waals surface area contributed by atoms with E-state index in [0.29, 0.717) is 12.5 Å². The smallest absolute Gasteiger partial charge is 0.191 e. The molecule has 136 valence electrons. The van der Waals surface area contributed by atoms with E-state index in [-0.39, 0.29) is 24.0 Å². The Labute approximate surface area is 164 Å². The molecule has 1 unspecified atom stereocenters. The zero-order valence-electron chi connectivity index (χ0n) is 15.4. The molecule has 1 saturated heterocycles. The summed E-state index contributed by atoms with van der Waals surface area (Å²) in [5, 5.41) is 0. The quantitative estimate of drug-likeness (QED) is 0.414. The van der Waals surface area contributed by atoms with Gasteiger partial charge in [0.25, 0.3) is 0 Å². The first kappa shape index (κ1) is 21.2. The van der Waals surface area contributed by atoms with Crippen LogP contribution >= 0.6 is 24.0 Å². The molecule has 2 N–H and O–H groups in total. The normalized spacial score (nSPS) is 19.0. The maximum Gasteiger partial charge on any atom is 0.191 e. The van der Waals surface area contributed by atoms with Crippen LogP contribution in [0.2, 0.25) is 0 Å². The van der Waals surface area contributed by atoms with E-state index in [4.69, 9.17) is 5.73 Å². The highest BCUT2D eigenvalue weighted by molar-refractivity contribution is 14.0. The van der Waals surface area contributed by atoms with Gasteiger partial charge in [0.05, 0.1) is 6.54 Å². The summed E-state index contributed by atoms with van der Waals surface area (Å²) in [5.41, 5.74) is 8.78. The van der Waals surface area contributed by atoms with Crippen LogP contribution in [0.3, 0.4) is 0 Å². The molecule has 1 aromatic carbocycles. The number of rotatable bonds is 6. The molecule has 0 radical (unpaired) electrons. The van der Waals surface area contributed by atoms with Crippen molar-refractivity contribution in [2.24, 2.45) is 16.6 Å². The molecule has 5 heteroatoms. The molecular weight excluding hydrogens is 411 g/mol. The van der Waals surface area contributed by atoms with Gasteiger partial charge in [0.1, 0.15) is 0 Å². The van der Waals surface area contributed by atoms with Crippen LogP contribution < -0.4 is 5.73 Å². The first-order valence-electron chi connectivity index (χ1n) is 8.98. The molecule has 0 aliphatic carbocycles. The third kappa shape index (κ3) is 6.24. The zero-order chi connectivity index (χ0) is 16.7. The molecule has 1 aromatic rings. The number of likely N-dealkylation sites (tertiary alicyclic amines) is 1. The van der Waals surface area contributed by atoms with Crippen molar-refractivity contribution >= 4 is 29.9 Å². The molecule has 2 rings (SSSR count). The lowest BCUT2D eigenvalue weighted by atomic mass is 9.99. The van der Waals surface area contributed by atoms with Crippen molar-refractivity contribution in [2.75, 3.05) is 26.2 Å². The van der Waals surface area contributed by atoms with E-state index in [1.165, 1.54) is 37.1 Å². The SMILES string of the molecule is CCN(CC)C(N)=NCc1ccccc1CN1CCCC(C)C1.I. The van der Waals surface area contributed by atoms with Crippen LogP contribution in [0, 0.1) is 5.92 Å². The zero-order valence-corrected chi connectivity index (χ0v) is 17.7. The number of hydrogen-bond donors (Lipinski definition) is 1. The highest BCUT2D eigenvalue weighted by Crippen LogP contribution is 2.20. The number of halogens is 1. The molecule has 0 amide bonds. The van der Waals surface area contributed by atoms with Gasteiger partial charge in [0.15, 0.2) is 5.96 Å². The second kappa shape index (κ2) is 10.9. The van der Waals surface area contributed by atoms with Crippen molar-refractivity contribution in [1.29, 1.82) is 0 Å². The van der Waals surface area contributed by atoms with Gasteiger partial charge in [0, 0.05) is 26.2 Å². The minimum absolute atomic E-state index is 0. The number of aliphatic imine (C=N–C) groups is 1. The second-order valence-corrected chi connectivity index (χ2v) is 6.60. The maximum atomic E-state index is 6.10. The first-order valence-corrected chi connectivity index (χ1v) is 8.98. The van der Waals surface area contributed by atoms with Crippen molar-refractivity contribution in [3.63, 3.8) is 0 Å². The monoisotopic (exact) mass is 444 g/mol. The van der Waals surface area contributed by atoms with Crippen molar-refractivity contribution in [3.8, 4) is 0 Å². The summed E-state index contributed by atoms with van der Waals surface area (Å²) in [5.74, 6) is 1.46. The van der Waals surface area contributed by atoms with E-state index < -0.39 is 0 Å². The fourth-order valence-corrected chi connectivity index (χ4v) is 3.35. The van der Waals surface area contributed by atoms with Gasteiger partial charge in [-0.15, -0.1) is 24.0 Å². The van der Waals surface area contributed by atoms with E-state index in [2.05, 4.69) is 59.8 Å². The number of piperidine rings is 1. The predicted octanol–water partition coefficient (Wildman–Crippen LogP) is 3.69. The molecule has 4 nitrogen and oxygen atoms in total. The van der Waals surface area contributed by atoms with Crippen LogP contribution in [0.5, 0.6) is 0 Å². The van der Waals surface area contributed by atoms with Gasteiger partial charge in [-0.3, -0.25) is 4.90 Å². The van der Waals surface area contributed by atoms with E-state index in [9.17, 15) is 0 Å². The van der Waals surface area contributed by atoms with E-state index in [1.807, 2.05) is 0 Å². The molecule has 0 aromatic heterocycles. The molecule has 24 heavy (non-hydrogen) atoms. The average Bonchev–Trinajstić information content (AvgIpc) is 2.55. The number of nitrogens with two attached hydrogens (primary N) is 1. The topological polar surface area (TPSA) is 44.9 Å². The van der Waals surface area contributed by atoms with Crippen LogP contribution in [0.4, 0.5) is 0 Å². The Kier molecular flexibility index (Phi) is 9.66. The predicted molar refractivity (Wildman–Crippen MR) is 114 cm³/mol. The van der Waals surface area contributed by atoms with E-state index in [1.54, 1.807) is 0 Å². The lowest BCUT2D eigenvalue weighted by Crippen LogP contribution is -2.37. The Morgan fingerprint density at radius 2 is 1.92 bits per heavy atom. The van der Waals surface area contributed by atoms with Crippen molar-refractivity contribution in [1.82, 2.24) is 9.80 Å². The second-order valence-electron chi connectivity index (χ2n) is 6.60. The number of nitrogens with zero attached hydrogens (tertiary/aromatic N) is 3. The van der Waals surface area contributed by atoms with Crippen molar-refractivity contribution in [2.45, 2.75) is 46.7 Å². The minimum Gasteiger partial charge on any atom is -0.370 e. The summed E-state index contributed by atoms with van der Waals surface area (Å²) in [7, 11) is 0. The Morgan fingerprint density at radius 1 is 1.25 bits per heavy atom. The minimum atomic E-state index is 0. The Bertz CT molecular complexity index is 514. The van der Waals surface area contributed by atoms with Gasteiger partial charge in [-0.2, -0.15) is 0 Å². The van der Waals surface area contributed by atoms with Crippen LogP contribution in [0.15, 0.2) is 29.3 Å². The summed E-state index contributed by atoms with van der Waals surface area (Å²) in [4.78, 5) is 9.27. The molecule has 1 aliphatic heterocycles. The third-order valence-electron chi connectivity index (χ3n) is 4.75.